The van der Waals surface area contributed by atoms with Crippen molar-refractivity contribution in [2.45, 2.75) is 129 Å². The van der Waals surface area contributed by atoms with Gasteiger partial charge in [0.25, 0.3) is 0 Å². The van der Waals surface area contributed by atoms with Gasteiger partial charge in [-0.15, -0.1) is 0 Å². The maximum Gasteiger partial charge on any atom is 0.113 e. The minimum atomic E-state index is -2.02. The zero-order chi connectivity index (χ0) is 45.6. The summed E-state index contributed by atoms with van der Waals surface area (Å²) < 4.78 is 0. The van der Waals surface area contributed by atoms with Crippen LogP contribution in [0.15, 0.2) is 140 Å². The van der Waals surface area contributed by atoms with Crippen molar-refractivity contribution in [2.75, 3.05) is 4.90 Å². The first kappa shape index (κ1) is 42.4. The van der Waals surface area contributed by atoms with Gasteiger partial charge in [0.05, 0.1) is 11.4 Å². The molecular formula is C62H67NSi2. The summed E-state index contributed by atoms with van der Waals surface area (Å²) in [5.74, 6) is 0. The van der Waals surface area contributed by atoms with E-state index in [1.807, 2.05) is 0 Å². The van der Waals surface area contributed by atoms with Gasteiger partial charge in [0.15, 0.2) is 0 Å². The van der Waals surface area contributed by atoms with Crippen LogP contribution in [0.2, 0.25) is 26.2 Å². The van der Waals surface area contributed by atoms with Gasteiger partial charge < -0.3 is 4.90 Å². The highest BCUT2D eigenvalue weighted by molar-refractivity contribution is 7.04. The molecule has 65 heavy (non-hydrogen) atoms. The molecule has 0 atom stereocenters. The van der Waals surface area contributed by atoms with Crippen molar-refractivity contribution in [3.05, 3.63) is 162 Å². The summed E-state index contributed by atoms with van der Waals surface area (Å²) in [5, 5.41) is 6.18. The van der Waals surface area contributed by atoms with Gasteiger partial charge in [-0.1, -0.05) is 191 Å². The molecule has 7 aromatic rings. The van der Waals surface area contributed by atoms with Gasteiger partial charge in [0.1, 0.15) is 16.1 Å². The van der Waals surface area contributed by atoms with Crippen molar-refractivity contribution in [1.29, 1.82) is 0 Å². The predicted molar refractivity (Wildman–Crippen MR) is 287 cm³/mol. The van der Waals surface area contributed by atoms with E-state index in [1.165, 1.54) is 108 Å². The zero-order valence-corrected chi connectivity index (χ0v) is 43.1. The molecule has 0 spiro atoms. The molecule has 0 amide bonds. The first-order valence-electron chi connectivity index (χ1n) is 24.4. The van der Waals surface area contributed by atoms with E-state index in [-0.39, 0.29) is 21.7 Å². The van der Waals surface area contributed by atoms with E-state index >= 15 is 0 Å². The monoisotopic (exact) mass is 881 g/mol. The molecule has 0 N–H and O–H groups in total. The Morgan fingerprint density at radius 3 is 1.46 bits per heavy atom. The molecule has 2 aliphatic heterocycles. The molecule has 0 saturated carbocycles. The van der Waals surface area contributed by atoms with Crippen LogP contribution in [0, 0.1) is 0 Å². The molecule has 0 aromatic heterocycles. The van der Waals surface area contributed by atoms with E-state index in [4.69, 9.17) is 0 Å². The number of para-hydroxylation sites is 1. The number of fused-ring (bicyclic) bond motifs is 8. The summed E-state index contributed by atoms with van der Waals surface area (Å²) >= 11 is 0. The molecule has 7 aromatic carbocycles. The highest BCUT2D eigenvalue weighted by atomic mass is 28.3. The van der Waals surface area contributed by atoms with Crippen LogP contribution in [0.3, 0.4) is 0 Å². The number of hydrogen-bond donors (Lipinski definition) is 0. The standard InChI is InChI=1S/C62H67NSi2/c1-59(2)34-35-62(7,8)58-47(23-19-24-49(58)59)42-20-13-16-25-52(42)63(41-29-31-46-44-22-15-18-27-55(44)65(11,12)57(46)37-41)53-39-51-50(60(3,4)32-33-61(51,5)6)38-48(53)40-28-30-45-43-21-14-17-26-54(43)64(9,10)56(45)36-40/h13-31,36-39H,32-35H2,1-12H3. The molecule has 328 valence electrons. The van der Waals surface area contributed by atoms with Crippen LogP contribution in [0.5, 0.6) is 0 Å². The van der Waals surface area contributed by atoms with Crippen LogP contribution < -0.4 is 25.6 Å². The van der Waals surface area contributed by atoms with Gasteiger partial charge in [-0.2, -0.15) is 0 Å². The minimum Gasteiger partial charge on any atom is -0.309 e. The molecule has 0 unspecified atom stereocenters. The second kappa shape index (κ2) is 14.1. The van der Waals surface area contributed by atoms with Crippen molar-refractivity contribution in [1.82, 2.24) is 0 Å². The third-order valence-electron chi connectivity index (χ3n) is 17.2. The highest BCUT2D eigenvalue weighted by Gasteiger charge is 2.43. The van der Waals surface area contributed by atoms with Gasteiger partial charge in [-0.05, 0) is 154 Å². The quantitative estimate of drug-likeness (QED) is 0.156. The molecule has 3 heteroatoms. The second-order valence-electron chi connectivity index (χ2n) is 23.9. The molecular weight excluding hydrogens is 815 g/mol. The fourth-order valence-electron chi connectivity index (χ4n) is 13.0. The number of nitrogens with zero attached hydrogens (tertiary/aromatic N) is 1. The molecule has 0 fully saturated rings. The van der Waals surface area contributed by atoms with Crippen molar-refractivity contribution in [2.24, 2.45) is 0 Å². The fraction of sp³-hybridized carbons (Fsp3) is 0.323. The Morgan fingerprint density at radius 2 is 0.831 bits per heavy atom. The Bertz CT molecular complexity index is 3120. The van der Waals surface area contributed by atoms with Crippen LogP contribution in [0.4, 0.5) is 17.1 Å². The first-order chi connectivity index (χ1) is 30.7. The molecule has 2 aliphatic carbocycles. The summed E-state index contributed by atoms with van der Waals surface area (Å²) in [6, 6.07) is 55.4. The first-order valence-corrected chi connectivity index (χ1v) is 30.4. The van der Waals surface area contributed by atoms with E-state index in [2.05, 4.69) is 226 Å². The maximum absolute atomic E-state index is 2.71. The molecule has 0 radical (unpaired) electrons. The van der Waals surface area contributed by atoms with E-state index < -0.39 is 16.1 Å². The normalized spacial score (nSPS) is 19.3. The number of anilines is 3. The van der Waals surface area contributed by atoms with Crippen molar-refractivity contribution in [3.63, 3.8) is 0 Å². The average Bonchev–Trinajstić information content (AvgIpc) is 3.66. The topological polar surface area (TPSA) is 3.24 Å². The second-order valence-corrected chi connectivity index (χ2v) is 32.5. The fourth-order valence-corrected chi connectivity index (χ4v) is 19.2. The maximum atomic E-state index is 2.71. The molecule has 2 heterocycles. The number of hydrogen-bond acceptors (Lipinski definition) is 1. The van der Waals surface area contributed by atoms with E-state index in [0.717, 1.165) is 6.42 Å². The Labute approximate surface area is 392 Å². The Morgan fingerprint density at radius 1 is 0.354 bits per heavy atom. The average molecular weight is 882 g/mol. The largest absolute Gasteiger partial charge is 0.309 e. The third-order valence-corrected chi connectivity index (χ3v) is 24.3. The van der Waals surface area contributed by atoms with Crippen LogP contribution in [0.25, 0.3) is 44.5 Å². The van der Waals surface area contributed by atoms with Crippen molar-refractivity contribution in [3.8, 4) is 44.5 Å². The summed E-state index contributed by atoms with van der Waals surface area (Å²) in [6.07, 6.45) is 4.70. The molecule has 0 bridgehead atoms. The van der Waals surface area contributed by atoms with Crippen LogP contribution in [-0.4, -0.2) is 16.1 Å². The third kappa shape index (κ3) is 6.27. The van der Waals surface area contributed by atoms with Gasteiger partial charge >= 0.3 is 0 Å². The van der Waals surface area contributed by atoms with Gasteiger partial charge in [0, 0.05) is 16.8 Å². The molecule has 0 saturated heterocycles. The Balaban J connectivity index is 1.24. The minimum absolute atomic E-state index is 0.0282. The lowest BCUT2D eigenvalue weighted by Gasteiger charge is -2.44. The zero-order valence-electron chi connectivity index (χ0n) is 41.1. The van der Waals surface area contributed by atoms with E-state index in [0.29, 0.717) is 0 Å². The van der Waals surface area contributed by atoms with E-state index in [1.54, 1.807) is 15.6 Å². The number of benzene rings is 7. The Hall–Kier alpha value is -5.23. The summed E-state index contributed by atoms with van der Waals surface area (Å²) in [5.41, 5.74) is 21.0. The Kier molecular flexibility index (Phi) is 9.23. The highest BCUT2D eigenvalue weighted by Crippen LogP contribution is 2.55. The van der Waals surface area contributed by atoms with Crippen molar-refractivity contribution < 1.29 is 0 Å². The molecule has 4 aliphatic rings. The summed E-state index contributed by atoms with van der Waals surface area (Å²) in [7, 11) is -3.98. The summed E-state index contributed by atoms with van der Waals surface area (Å²) in [6.45, 7) is 30.1. The van der Waals surface area contributed by atoms with E-state index in [9.17, 15) is 0 Å². The van der Waals surface area contributed by atoms with Crippen LogP contribution >= 0.6 is 0 Å². The lowest BCUT2D eigenvalue weighted by molar-refractivity contribution is 0.332. The molecule has 11 rings (SSSR count). The van der Waals surface area contributed by atoms with Crippen LogP contribution in [0.1, 0.15) is 103 Å². The number of rotatable bonds is 5. The van der Waals surface area contributed by atoms with Crippen LogP contribution in [-0.2, 0) is 21.7 Å². The lowest BCUT2D eigenvalue weighted by atomic mass is 9.61. The van der Waals surface area contributed by atoms with Crippen molar-refractivity contribution >= 4 is 54.0 Å². The lowest BCUT2D eigenvalue weighted by Crippen LogP contribution is -2.49. The smallest absolute Gasteiger partial charge is 0.113 e. The SMILES string of the molecule is CC1(C)CCC(C)(C)c2cc(N(c3ccc4c(c3)[Si](C)(C)c3ccccc3-4)c3ccccc3-c3cccc4c3C(C)(C)CCC4(C)C)c(-c3ccc4c(c3)[Si](C)(C)c3ccccc3-4)cc21. The predicted octanol–water partition coefficient (Wildman–Crippen LogP) is 14.8. The molecule has 1 nitrogen and oxygen atoms in total. The van der Waals surface area contributed by atoms with Gasteiger partial charge in [-0.3, -0.25) is 0 Å². The van der Waals surface area contributed by atoms with Gasteiger partial charge in [0.2, 0.25) is 0 Å². The van der Waals surface area contributed by atoms with Gasteiger partial charge in [-0.25, -0.2) is 0 Å². The summed E-state index contributed by atoms with van der Waals surface area (Å²) in [4.78, 5) is 2.71.